The van der Waals surface area contributed by atoms with Gasteiger partial charge in [0.25, 0.3) is 0 Å². The Hall–Kier alpha value is -1.33. The van der Waals surface area contributed by atoms with Crippen LogP contribution >= 0.6 is 0 Å². The van der Waals surface area contributed by atoms with E-state index < -0.39 is 18.0 Å². The Kier molecular flexibility index (Phi) is 4.09. The highest BCUT2D eigenvalue weighted by molar-refractivity contribution is 5.44. The predicted octanol–water partition coefficient (Wildman–Crippen LogP) is 1.22. The highest BCUT2D eigenvalue weighted by atomic mass is 19.1. The first-order chi connectivity index (χ1) is 7.51. The molecule has 1 aromatic carbocycles. The summed E-state index contributed by atoms with van der Waals surface area (Å²) in [4.78, 5) is 0. The van der Waals surface area contributed by atoms with Gasteiger partial charge in [-0.15, -0.1) is 0 Å². The number of ether oxygens (including phenoxy) is 2. The van der Waals surface area contributed by atoms with Gasteiger partial charge in [0.2, 0.25) is 0 Å². The zero-order valence-corrected chi connectivity index (χ0v) is 9.53. The first-order valence-corrected chi connectivity index (χ1v) is 4.86. The molecule has 0 spiro atoms. The lowest BCUT2D eigenvalue weighted by molar-refractivity contribution is 0.148. The van der Waals surface area contributed by atoms with Gasteiger partial charge in [-0.2, -0.15) is 0 Å². The second-order valence-corrected chi connectivity index (χ2v) is 3.53. The van der Waals surface area contributed by atoms with E-state index in [0.717, 1.165) is 0 Å². The van der Waals surface area contributed by atoms with Gasteiger partial charge >= 0.3 is 0 Å². The number of rotatable bonds is 4. The summed E-state index contributed by atoms with van der Waals surface area (Å²) in [5.74, 6) is 0.0710. The molecule has 0 aliphatic rings. The van der Waals surface area contributed by atoms with E-state index in [4.69, 9.17) is 15.2 Å². The molecule has 0 heterocycles. The molecule has 4 nitrogen and oxygen atoms in total. The molecule has 0 bridgehead atoms. The summed E-state index contributed by atoms with van der Waals surface area (Å²) < 4.78 is 23.6. The molecule has 2 unspecified atom stereocenters. The Morgan fingerprint density at radius 3 is 2.19 bits per heavy atom. The zero-order valence-electron chi connectivity index (χ0n) is 9.53. The van der Waals surface area contributed by atoms with E-state index in [0.29, 0.717) is 5.75 Å². The first kappa shape index (κ1) is 12.7. The number of aliphatic hydroxyl groups is 1. The maximum Gasteiger partial charge on any atom is 0.163 e. The molecule has 0 aromatic heterocycles. The Bertz CT molecular complexity index is 368. The highest BCUT2D eigenvalue weighted by Crippen LogP contribution is 2.32. The fourth-order valence-corrected chi connectivity index (χ4v) is 1.38. The molecule has 5 heteroatoms. The third-order valence-electron chi connectivity index (χ3n) is 2.32. The van der Waals surface area contributed by atoms with Crippen LogP contribution < -0.4 is 15.2 Å². The number of nitrogens with two attached hydrogens (primary N) is 1. The van der Waals surface area contributed by atoms with Crippen molar-refractivity contribution in [3.8, 4) is 11.5 Å². The maximum atomic E-state index is 13.6. The van der Waals surface area contributed by atoms with Crippen molar-refractivity contribution < 1.29 is 19.0 Å². The van der Waals surface area contributed by atoms with Gasteiger partial charge in [-0.1, -0.05) is 0 Å². The molecule has 90 valence electrons. The van der Waals surface area contributed by atoms with Crippen molar-refractivity contribution in [2.45, 2.75) is 19.1 Å². The van der Waals surface area contributed by atoms with Crippen molar-refractivity contribution in [2.24, 2.45) is 5.73 Å². The van der Waals surface area contributed by atoms with Gasteiger partial charge in [-0.05, 0) is 13.0 Å². The minimum Gasteiger partial charge on any atom is -0.493 e. The molecule has 0 aliphatic carbocycles. The lowest BCUT2D eigenvalue weighted by Gasteiger charge is -2.17. The van der Waals surface area contributed by atoms with Crippen molar-refractivity contribution in [3.05, 3.63) is 23.5 Å². The van der Waals surface area contributed by atoms with Crippen LogP contribution in [0.3, 0.4) is 0 Å². The van der Waals surface area contributed by atoms with Crippen LogP contribution in [0.15, 0.2) is 12.1 Å². The summed E-state index contributed by atoms with van der Waals surface area (Å²) >= 11 is 0. The second-order valence-electron chi connectivity index (χ2n) is 3.53. The average Bonchev–Trinajstić information content (AvgIpc) is 2.27. The molecule has 0 saturated heterocycles. The van der Waals surface area contributed by atoms with Crippen LogP contribution in [-0.2, 0) is 0 Å². The number of benzene rings is 1. The van der Waals surface area contributed by atoms with Crippen molar-refractivity contribution in [1.29, 1.82) is 0 Å². The minimum atomic E-state index is -1.07. The van der Waals surface area contributed by atoms with Gasteiger partial charge in [0.15, 0.2) is 11.5 Å². The lowest BCUT2D eigenvalue weighted by atomic mass is 10.0. The number of aliphatic hydroxyl groups excluding tert-OH is 1. The Labute approximate surface area is 93.8 Å². The topological polar surface area (TPSA) is 64.7 Å². The monoisotopic (exact) mass is 229 g/mol. The molecule has 16 heavy (non-hydrogen) atoms. The van der Waals surface area contributed by atoms with E-state index in [2.05, 4.69) is 0 Å². The second kappa shape index (κ2) is 5.14. The maximum absolute atomic E-state index is 13.6. The Morgan fingerprint density at radius 2 is 1.75 bits per heavy atom. The van der Waals surface area contributed by atoms with Gasteiger partial charge in [0, 0.05) is 17.7 Å². The van der Waals surface area contributed by atoms with Crippen molar-refractivity contribution in [3.63, 3.8) is 0 Å². The van der Waals surface area contributed by atoms with Crippen LogP contribution in [0.5, 0.6) is 11.5 Å². The van der Waals surface area contributed by atoms with Gasteiger partial charge in [0.1, 0.15) is 5.82 Å². The molecule has 0 fully saturated rings. The van der Waals surface area contributed by atoms with Gasteiger partial charge in [0.05, 0.1) is 20.3 Å². The lowest BCUT2D eigenvalue weighted by Crippen LogP contribution is -2.25. The normalized spacial score (nSPS) is 14.4. The molecule has 0 amide bonds. The predicted molar refractivity (Wildman–Crippen MR) is 58.1 cm³/mol. The zero-order chi connectivity index (χ0) is 12.3. The molecule has 0 radical (unpaired) electrons. The summed E-state index contributed by atoms with van der Waals surface area (Å²) in [7, 11) is 2.86. The number of halogens is 1. The SMILES string of the molecule is COc1cc(F)c(C(O)C(C)N)cc1OC. The molecule has 1 rings (SSSR count). The van der Waals surface area contributed by atoms with Crippen LogP contribution in [0, 0.1) is 5.82 Å². The summed E-state index contributed by atoms with van der Waals surface area (Å²) in [5, 5.41) is 9.70. The third-order valence-corrected chi connectivity index (χ3v) is 2.32. The molecule has 0 aliphatic heterocycles. The van der Waals surface area contributed by atoms with Gasteiger partial charge in [-0.25, -0.2) is 4.39 Å². The summed E-state index contributed by atoms with van der Waals surface area (Å²) in [5.41, 5.74) is 5.61. The molecule has 1 aromatic rings. The largest absolute Gasteiger partial charge is 0.493 e. The van der Waals surface area contributed by atoms with Crippen molar-refractivity contribution in [2.75, 3.05) is 14.2 Å². The fourth-order valence-electron chi connectivity index (χ4n) is 1.38. The van der Waals surface area contributed by atoms with Gasteiger partial charge < -0.3 is 20.3 Å². The molecule has 3 N–H and O–H groups in total. The van der Waals surface area contributed by atoms with Crippen LogP contribution in [0.1, 0.15) is 18.6 Å². The minimum absolute atomic E-state index is 0.104. The van der Waals surface area contributed by atoms with Crippen LogP contribution in [0.4, 0.5) is 4.39 Å². The number of methoxy groups -OCH3 is 2. The van der Waals surface area contributed by atoms with Crippen LogP contribution in [-0.4, -0.2) is 25.4 Å². The Balaban J connectivity index is 3.21. The number of hydrogen-bond acceptors (Lipinski definition) is 4. The van der Waals surface area contributed by atoms with E-state index in [1.54, 1.807) is 6.92 Å². The Morgan fingerprint density at radius 1 is 1.25 bits per heavy atom. The highest BCUT2D eigenvalue weighted by Gasteiger charge is 2.20. The molecule has 2 atom stereocenters. The van der Waals surface area contributed by atoms with Crippen molar-refractivity contribution >= 4 is 0 Å². The average molecular weight is 229 g/mol. The first-order valence-electron chi connectivity index (χ1n) is 4.86. The van der Waals surface area contributed by atoms with Crippen LogP contribution in [0.2, 0.25) is 0 Å². The third kappa shape index (κ3) is 2.43. The molecular formula is C11H16FNO3. The molecule has 0 saturated carbocycles. The van der Waals surface area contributed by atoms with Crippen LogP contribution in [0.25, 0.3) is 0 Å². The quantitative estimate of drug-likeness (QED) is 0.814. The van der Waals surface area contributed by atoms with E-state index >= 15 is 0 Å². The van der Waals surface area contributed by atoms with E-state index in [-0.39, 0.29) is 11.3 Å². The van der Waals surface area contributed by atoms with E-state index in [1.807, 2.05) is 0 Å². The number of hydrogen-bond donors (Lipinski definition) is 2. The summed E-state index contributed by atoms with van der Waals surface area (Å²) in [6.07, 6.45) is -1.07. The fraction of sp³-hybridized carbons (Fsp3) is 0.455. The standard InChI is InChI=1S/C11H16FNO3/c1-6(13)11(14)7-4-9(15-2)10(16-3)5-8(7)12/h4-6,11,14H,13H2,1-3H3. The van der Waals surface area contributed by atoms with E-state index in [1.165, 1.54) is 26.4 Å². The smallest absolute Gasteiger partial charge is 0.163 e. The summed E-state index contributed by atoms with van der Waals surface area (Å²) in [6.45, 7) is 1.60. The molecular weight excluding hydrogens is 213 g/mol. The van der Waals surface area contributed by atoms with E-state index in [9.17, 15) is 9.50 Å². The van der Waals surface area contributed by atoms with Crippen molar-refractivity contribution in [1.82, 2.24) is 0 Å². The summed E-state index contributed by atoms with van der Waals surface area (Å²) in [6, 6.07) is 2.00. The van der Waals surface area contributed by atoms with Gasteiger partial charge in [-0.3, -0.25) is 0 Å².